The fourth-order valence-electron chi connectivity index (χ4n) is 8.73. The van der Waals surface area contributed by atoms with Crippen molar-refractivity contribution in [2.24, 2.45) is 0 Å². The Morgan fingerprint density at radius 2 is 0.793 bits per heavy atom. The van der Waals surface area contributed by atoms with Gasteiger partial charge < -0.3 is 4.57 Å². The van der Waals surface area contributed by atoms with E-state index in [0.29, 0.717) is 0 Å². The number of rotatable bonds is 8. The minimum absolute atomic E-state index is 0.910. The zero-order valence-electron chi connectivity index (χ0n) is 32.6. The third-order valence-corrected chi connectivity index (χ3v) is 13.1. The first-order valence-corrected chi connectivity index (χ1v) is 22.5. The zero-order chi connectivity index (χ0) is 39.2. The van der Waals surface area contributed by atoms with Crippen LogP contribution in [0.1, 0.15) is 22.3 Å². The first kappa shape index (κ1) is 35.6. The van der Waals surface area contributed by atoms with E-state index in [1.54, 1.807) is 0 Å². The van der Waals surface area contributed by atoms with Crippen LogP contribution in [0.25, 0.3) is 77.6 Å². The number of hydrogen-bond donors (Lipinski definition) is 0. The molecule has 0 spiro atoms. The predicted octanol–water partition coefficient (Wildman–Crippen LogP) is 14.7. The average molecular weight is 761 g/mol. The van der Waals surface area contributed by atoms with E-state index in [1.165, 1.54) is 88.7 Å². The summed E-state index contributed by atoms with van der Waals surface area (Å²) in [4.78, 5) is 0. The van der Waals surface area contributed by atoms with Gasteiger partial charge in [0.25, 0.3) is 0 Å². The van der Waals surface area contributed by atoms with E-state index in [0.717, 1.165) is 16.4 Å². The highest BCUT2D eigenvalue weighted by Crippen LogP contribution is 2.50. The molecule has 9 aromatic carbocycles. The van der Waals surface area contributed by atoms with Gasteiger partial charge in [-0.15, -0.1) is 0 Å². The molecule has 0 atom stereocenters. The number of fused-ring (bicyclic) bond motifs is 3. The standard InChI is InChI=1S/C56H41OP/c1-58(2,57)47-24-13-22-44(36-47)45-31-32-49-52-34-33-48(50-25-14-26-51(56(50)52)53(49)37-45)39-29-27-38(28-30-39)43-21-12-23-46(35-43)55(42-19-10-5-11-20-42)54(40-15-6-3-7-16-40)41-17-8-4-9-18-41/h3-37H,1-2H3. The first-order chi connectivity index (χ1) is 28.4. The number of hydrogen-bond acceptors (Lipinski definition) is 1. The van der Waals surface area contributed by atoms with Crippen LogP contribution in [0.4, 0.5) is 0 Å². The minimum Gasteiger partial charge on any atom is -0.319 e. The molecule has 276 valence electrons. The van der Waals surface area contributed by atoms with Gasteiger partial charge in [0.2, 0.25) is 0 Å². The van der Waals surface area contributed by atoms with Crippen LogP contribution in [-0.2, 0) is 4.57 Å². The predicted molar refractivity (Wildman–Crippen MR) is 248 cm³/mol. The Labute approximate surface area is 341 Å². The van der Waals surface area contributed by atoms with Gasteiger partial charge in [-0.3, -0.25) is 0 Å². The zero-order valence-corrected chi connectivity index (χ0v) is 33.5. The molecular weight excluding hydrogens is 720 g/mol. The summed E-state index contributed by atoms with van der Waals surface area (Å²) in [6.45, 7) is 3.67. The van der Waals surface area contributed by atoms with Gasteiger partial charge in [-0.2, -0.15) is 0 Å². The molecule has 0 N–H and O–H groups in total. The third-order valence-electron chi connectivity index (χ3n) is 11.6. The van der Waals surface area contributed by atoms with Crippen LogP contribution in [0.3, 0.4) is 0 Å². The molecule has 0 heterocycles. The van der Waals surface area contributed by atoms with Crippen molar-refractivity contribution in [1.82, 2.24) is 0 Å². The van der Waals surface area contributed by atoms with Gasteiger partial charge >= 0.3 is 0 Å². The first-order valence-electron chi connectivity index (χ1n) is 19.9. The van der Waals surface area contributed by atoms with Crippen LogP contribution in [0.2, 0.25) is 0 Å². The Morgan fingerprint density at radius 3 is 1.43 bits per heavy atom. The summed E-state index contributed by atoms with van der Waals surface area (Å²) in [5, 5.41) is 3.47. The van der Waals surface area contributed by atoms with Gasteiger partial charge in [0.05, 0.1) is 0 Å². The Morgan fingerprint density at radius 1 is 0.328 bits per heavy atom. The largest absolute Gasteiger partial charge is 0.319 e. The lowest BCUT2D eigenvalue weighted by Gasteiger charge is -2.19. The lowest BCUT2D eigenvalue weighted by Crippen LogP contribution is -2.02. The van der Waals surface area contributed by atoms with E-state index in [2.05, 4.69) is 200 Å². The molecule has 0 aromatic heterocycles. The second-order valence-electron chi connectivity index (χ2n) is 15.6. The van der Waals surface area contributed by atoms with E-state index in [1.807, 2.05) is 25.5 Å². The van der Waals surface area contributed by atoms with E-state index in [4.69, 9.17) is 0 Å². The van der Waals surface area contributed by atoms with Gasteiger partial charge in [0, 0.05) is 5.30 Å². The molecule has 9 aromatic rings. The molecule has 0 amide bonds. The Balaban J connectivity index is 1.03. The molecule has 0 saturated carbocycles. The molecule has 0 bridgehead atoms. The quantitative estimate of drug-likeness (QED) is 0.111. The fraction of sp³-hybridized carbons (Fsp3) is 0.0357. The normalized spacial score (nSPS) is 11.7. The van der Waals surface area contributed by atoms with Crippen molar-refractivity contribution in [3.05, 3.63) is 235 Å². The van der Waals surface area contributed by atoms with Gasteiger partial charge in [-0.1, -0.05) is 194 Å². The molecule has 0 radical (unpaired) electrons. The molecular formula is C56H41OP. The van der Waals surface area contributed by atoms with Crippen molar-refractivity contribution in [3.8, 4) is 55.6 Å². The van der Waals surface area contributed by atoms with Crippen LogP contribution in [0.15, 0.2) is 212 Å². The van der Waals surface area contributed by atoms with Crippen LogP contribution >= 0.6 is 7.14 Å². The third kappa shape index (κ3) is 6.45. The average Bonchev–Trinajstić information content (AvgIpc) is 3.60. The summed E-state index contributed by atoms with van der Waals surface area (Å²) >= 11 is 0. The number of benzene rings is 9. The van der Waals surface area contributed by atoms with Gasteiger partial charge in [-0.05, 0) is 131 Å². The Hall–Kier alpha value is -6.79. The highest BCUT2D eigenvalue weighted by atomic mass is 31.2. The summed E-state index contributed by atoms with van der Waals surface area (Å²) in [6.07, 6.45) is 0. The SMILES string of the molecule is CP(C)(=O)c1cccc(-c2ccc3c(c2)-c2cccc4c(-c5ccc(-c6cccc(C(=C(c7ccccc7)c7ccccc7)c7ccccc7)c6)cc5)ccc-3c24)c1. The van der Waals surface area contributed by atoms with Gasteiger partial charge in [0.15, 0.2) is 0 Å². The molecule has 0 saturated heterocycles. The maximum atomic E-state index is 12.9. The summed E-state index contributed by atoms with van der Waals surface area (Å²) in [5.41, 5.74) is 19.2. The van der Waals surface area contributed by atoms with Crippen LogP contribution in [0.5, 0.6) is 0 Å². The van der Waals surface area contributed by atoms with Crippen molar-refractivity contribution in [2.45, 2.75) is 0 Å². The summed E-state index contributed by atoms with van der Waals surface area (Å²) in [7, 11) is -2.37. The van der Waals surface area contributed by atoms with E-state index >= 15 is 0 Å². The molecule has 0 unspecified atom stereocenters. The fourth-order valence-corrected chi connectivity index (χ4v) is 9.63. The van der Waals surface area contributed by atoms with E-state index in [9.17, 15) is 4.57 Å². The molecule has 58 heavy (non-hydrogen) atoms. The molecule has 1 aliphatic rings. The van der Waals surface area contributed by atoms with Crippen molar-refractivity contribution >= 4 is 34.4 Å². The summed E-state index contributed by atoms with van der Waals surface area (Å²) in [6, 6.07) is 76.6. The van der Waals surface area contributed by atoms with Crippen molar-refractivity contribution in [3.63, 3.8) is 0 Å². The lowest BCUT2D eigenvalue weighted by atomic mass is 9.85. The Kier molecular flexibility index (Phi) is 8.97. The Bertz CT molecular complexity index is 3020. The highest BCUT2D eigenvalue weighted by molar-refractivity contribution is 7.70. The van der Waals surface area contributed by atoms with Crippen LogP contribution in [-0.4, -0.2) is 13.3 Å². The van der Waals surface area contributed by atoms with Crippen molar-refractivity contribution in [2.75, 3.05) is 13.3 Å². The molecule has 0 aliphatic heterocycles. The van der Waals surface area contributed by atoms with Crippen LogP contribution < -0.4 is 5.30 Å². The molecule has 2 heteroatoms. The second-order valence-corrected chi connectivity index (χ2v) is 18.8. The summed E-state index contributed by atoms with van der Waals surface area (Å²) < 4.78 is 12.9. The smallest absolute Gasteiger partial charge is 0.109 e. The topological polar surface area (TPSA) is 17.1 Å². The summed E-state index contributed by atoms with van der Waals surface area (Å²) in [5.74, 6) is 0. The maximum Gasteiger partial charge on any atom is 0.109 e. The minimum atomic E-state index is -2.37. The van der Waals surface area contributed by atoms with Crippen molar-refractivity contribution in [1.29, 1.82) is 0 Å². The van der Waals surface area contributed by atoms with Crippen LogP contribution in [0, 0.1) is 0 Å². The van der Waals surface area contributed by atoms with Gasteiger partial charge in [0.1, 0.15) is 7.14 Å². The molecule has 10 rings (SSSR count). The second kappa shape index (κ2) is 14.6. The lowest BCUT2D eigenvalue weighted by molar-refractivity contribution is 0.588. The van der Waals surface area contributed by atoms with Crippen molar-refractivity contribution < 1.29 is 4.57 Å². The van der Waals surface area contributed by atoms with Gasteiger partial charge in [-0.25, -0.2) is 0 Å². The molecule has 1 nitrogen and oxygen atoms in total. The monoisotopic (exact) mass is 760 g/mol. The van der Waals surface area contributed by atoms with E-state index < -0.39 is 7.14 Å². The van der Waals surface area contributed by atoms with E-state index in [-0.39, 0.29) is 0 Å². The maximum absolute atomic E-state index is 12.9. The highest BCUT2D eigenvalue weighted by Gasteiger charge is 2.24. The molecule has 1 aliphatic carbocycles. The molecule has 0 fully saturated rings.